The summed E-state index contributed by atoms with van der Waals surface area (Å²) >= 11 is 0. The number of hydrogen-bond donors (Lipinski definition) is 2. The summed E-state index contributed by atoms with van der Waals surface area (Å²) in [6, 6.07) is -0.0397. The quantitative estimate of drug-likeness (QED) is 0.621. The van der Waals surface area contributed by atoms with E-state index in [4.69, 9.17) is 4.74 Å². The average molecular weight is 461 g/mol. The van der Waals surface area contributed by atoms with Gasteiger partial charge in [0.25, 0.3) is 11.5 Å². The molecular formula is C22H28FN5O5. The molecule has 2 amide bonds. The number of alkyl halides is 1. The predicted molar refractivity (Wildman–Crippen MR) is 118 cm³/mol. The largest absolute Gasteiger partial charge is 0.494 e. The van der Waals surface area contributed by atoms with Gasteiger partial charge in [-0.2, -0.15) is 9.61 Å². The number of rotatable bonds is 6. The number of nitrogens with one attached hydrogen (secondary N) is 1. The molecule has 2 aliphatic rings. The highest BCUT2D eigenvalue weighted by atomic mass is 19.1. The zero-order chi connectivity index (χ0) is 23.9. The summed E-state index contributed by atoms with van der Waals surface area (Å²) in [6.07, 6.45) is 4.45. The van der Waals surface area contributed by atoms with Crippen LogP contribution in [0.25, 0.3) is 11.7 Å². The topological polar surface area (TPSA) is 118 Å². The Bertz CT molecular complexity index is 1180. The van der Waals surface area contributed by atoms with E-state index in [9.17, 15) is 23.9 Å². The molecule has 2 fully saturated rings. The van der Waals surface area contributed by atoms with Gasteiger partial charge in [0.1, 0.15) is 11.3 Å². The van der Waals surface area contributed by atoms with E-state index in [1.165, 1.54) is 30.6 Å². The molecule has 11 heteroatoms. The number of ether oxygens (including phenoxy) is 1. The molecule has 2 aromatic rings. The molecule has 2 N–H and O–H groups in total. The number of fused-ring (bicyclic) bond motifs is 1. The standard InChI is InChI=1S/C22H28FN5O5/c1-13-15(6-7-16(29)26-8-10-33-11-9-26)19-27(12-22(2,3)23)20(31)17(21(32)28(19)25-13)18(30)24-14-4-5-14/h6-7,14,31H,4-5,8-12H2,1-3H3,(H,24,30)/b7-6+. The molecule has 1 saturated heterocycles. The van der Waals surface area contributed by atoms with Crippen molar-refractivity contribution in [2.24, 2.45) is 0 Å². The molecule has 3 heterocycles. The summed E-state index contributed by atoms with van der Waals surface area (Å²) in [7, 11) is 0. The Kier molecular flexibility index (Phi) is 6.00. The Morgan fingerprint density at radius 3 is 2.58 bits per heavy atom. The number of hydrogen-bond acceptors (Lipinski definition) is 6. The van der Waals surface area contributed by atoms with Crippen LogP contribution in [0, 0.1) is 6.92 Å². The molecule has 178 valence electrons. The number of amides is 2. The summed E-state index contributed by atoms with van der Waals surface area (Å²) in [6.45, 7) is 5.81. The number of aromatic hydroxyl groups is 1. The molecule has 0 atom stereocenters. The minimum absolute atomic E-state index is 0.0397. The first-order chi connectivity index (χ1) is 15.6. The van der Waals surface area contributed by atoms with Crippen molar-refractivity contribution in [1.82, 2.24) is 24.4 Å². The van der Waals surface area contributed by atoms with Crippen LogP contribution in [0.15, 0.2) is 10.9 Å². The van der Waals surface area contributed by atoms with Crippen LogP contribution in [-0.4, -0.2) is 74.0 Å². The molecular weight excluding hydrogens is 433 g/mol. The van der Waals surface area contributed by atoms with Gasteiger partial charge in [0.2, 0.25) is 11.8 Å². The second kappa shape index (κ2) is 8.62. The number of morpholine rings is 1. The van der Waals surface area contributed by atoms with Crippen LogP contribution >= 0.6 is 0 Å². The number of aromatic nitrogens is 3. The average Bonchev–Trinajstić information content (AvgIpc) is 3.50. The molecule has 0 spiro atoms. The predicted octanol–water partition coefficient (Wildman–Crippen LogP) is 1.02. The summed E-state index contributed by atoms with van der Waals surface area (Å²) in [5.41, 5.74) is -2.20. The van der Waals surface area contributed by atoms with Gasteiger partial charge in [-0.3, -0.25) is 19.0 Å². The zero-order valence-corrected chi connectivity index (χ0v) is 18.9. The Balaban J connectivity index is 1.83. The van der Waals surface area contributed by atoms with Gasteiger partial charge in [-0.05, 0) is 39.7 Å². The third-order valence-electron chi connectivity index (χ3n) is 5.61. The molecule has 4 rings (SSSR count). The second-order valence-corrected chi connectivity index (χ2v) is 9.06. The van der Waals surface area contributed by atoms with Crippen LogP contribution in [0.5, 0.6) is 5.88 Å². The maximum Gasteiger partial charge on any atom is 0.291 e. The van der Waals surface area contributed by atoms with Crippen molar-refractivity contribution in [2.45, 2.75) is 51.9 Å². The highest BCUT2D eigenvalue weighted by Gasteiger charge is 2.31. The molecule has 0 radical (unpaired) electrons. The third kappa shape index (κ3) is 4.77. The SMILES string of the molecule is Cc1nn2c(=O)c(C(=O)NC3CC3)c(O)n(CC(C)(C)F)c2c1/C=C/C(=O)N1CCOCC1. The number of halogens is 1. The molecule has 0 aromatic carbocycles. The smallest absolute Gasteiger partial charge is 0.291 e. The van der Waals surface area contributed by atoms with E-state index in [1.807, 2.05) is 0 Å². The fourth-order valence-electron chi connectivity index (χ4n) is 3.81. The van der Waals surface area contributed by atoms with Gasteiger partial charge in [-0.25, -0.2) is 4.39 Å². The molecule has 0 bridgehead atoms. The van der Waals surface area contributed by atoms with Gasteiger partial charge in [0, 0.05) is 30.8 Å². The van der Waals surface area contributed by atoms with Crippen LogP contribution in [0.2, 0.25) is 0 Å². The van der Waals surface area contributed by atoms with E-state index < -0.39 is 28.6 Å². The Morgan fingerprint density at radius 1 is 1.30 bits per heavy atom. The maximum absolute atomic E-state index is 14.7. The van der Waals surface area contributed by atoms with Crippen molar-refractivity contribution >= 4 is 23.5 Å². The molecule has 1 saturated carbocycles. The van der Waals surface area contributed by atoms with Crippen molar-refractivity contribution < 1.29 is 23.8 Å². The van der Waals surface area contributed by atoms with E-state index in [0.29, 0.717) is 37.6 Å². The van der Waals surface area contributed by atoms with Gasteiger partial charge >= 0.3 is 0 Å². The van der Waals surface area contributed by atoms with Gasteiger partial charge in [-0.15, -0.1) is 0 Å². The third-order valence-corrected chi connectivity index (χ3v) is 5.61. The van der Waals surface area contributed by atoms with Crippen LogP contribution in [0.3, 0.4) is 0 Å². The van der Waals surface area contributed by atoms with E-state index in [1.54, 1.807) is 11.8 Å². The van der Waals surface area contributed by atoms with Gasteiger partial charge in [0.15, 0.2) is 5.56 Å². The Hall–Kier alpha value is -3.21. The van der Waals surface area contributed by atoms with Crippen LogP contribution < -0.4 is 10.9 Å². The lowest BCUT2D eigenvalue weighted by atomic mass is 10.1. The lowest BCUT2D eigenvalue weighted by Gasteiger charge is -2.25. The molecule has 1 aliphatic heterocycles. The van der Waals surface area contributed by atoms with Crippen molar-refractivity contribution in [3.05, 3.63) is 33.3 Å². The van der Waals surface area contributed by atoms with E-state index in [0.717, 1.165) is 17.4 Å². The highest BCUT2D eigenvalue weighted by molar-refractivity contribution is 5.97. The van der Waals surface area contributed by atoms with Gasteiger partial charge in [0.05, 0.1) is 25.5 Å². The fourth-order valence-corrected chi connectivity index (χ4v) is 3.81. The summed E-state index contributed by atoms with van der Waals surface area (Å²) in [5, 5.41) is 17.9. The Morgan fingerprint density at radius 2 is 1.97 bits per heavy atom. The normalized spacial score (nSPS) is 17.2. The first-order valence-electron chi connectivity index (χ1n) is 11.0. The molecule has 10 nitrogen and oxygen atoms in total. The molecule has 33 heavy (non-hydrogen) atoms. The summed E-state index contributed by atoms with van der Waals surface area (Å²) in [4.78, 5) is 40.0. The van der Waals surface area contributed by atoms with Crippen molar-refractivity contribution in [2.75, 3.05) is 26.3 Å². The molecule has 1 aliphatic carbocycles. The monoisotopic (exact) mass is 461 g/mol. The first kappa shape index (κ1) is 23.0. The number of nitrogens with zero attached hydrogens (tertiary/aromatic N) is 4. The van der Waals surface area contributed by atoms with Crippen molar-refractivity contribution in [3.8, 4) is 5.88 Å². The van der Waals surface area contributed by atoms with Crippen molar-refractivity contribution in [3.63, 3.8) is 0 Å². The fraction of sp³-hybridized carbons (Fsp3) is 0.545. The maximum atomic E-state index is 14.7. The Labute approximate surface area is 189 Å². The molecule has 0 unspecified atom stereocenters. The van der Waals surface area contributed by atoms with Crippen LogP contribution in [0.4, 0.5) is 4.39 Å². The van der Waals surface area contributed by atoms with Gasteiger partial charge < -0.3 is 20.1 Å². The lowest BCUT2D eigenvalue weighted by Crippen LogP contribution is -2.39. The summed E-state index contributed by atoms with van der Waals surface area (Å²) < 4.78 is 22.1. The van der Waals surface area contributed by atoms with Gasteiger partial charge in [-0.1, -0.05) is 0 Å². The number of aryl methyl sites for hydroxylation is 1. The highest BCUT2D eigenvalue weighted by Crippen LogP contribution is 2.27. The first-order valence-corrected chi connectivity index (χ1v) is 11.0. The number of carbonyl (C=O) groups is 2. The van der Waals surface area contributed by atoms with E-state index >= 15 is 0 Å². The van der Waals surface area contributed by atoms with Crippen molar-refractivity contribution in [1.29, 1.82) is 0 Å². The van der Waals surface area contributed by atoms with E-state index in [2.05, 4.69) is 10.4 Å². The summed E-state index contributed by atoms with van der Waals surface area (Å²) in [5.74, 6) is -1.59. The van der Waals surface area contributed by atoms with E-state index in [-0.39, 0.29) is 24.1 Å². The number of carbonyl (C=O) groups excluding carboxylic acids is 2. The zero-order valence-electron chi connectivity index (χ0n) is 18.9. The van der Waals surface area contributed by atoms with Crippen LogP contribution in [-0.2, 0) is 16.1 Å². The minimum atomic E-state index is -1.78. The second-order valence-electron chi connectivity index (χ2n) is 9.06. The lowest BCUT2D eigenvalue weighted by molar-refractivity contribution is -0.129. The van der Waals surface area contributed by atoms with Crippen LogP contribution in [0.1, 0.15) is 48.3 Å². The minimum Gasteiger partial charge on any atom is -0.494 e. The molecule has 2 aromatic heterocycles.